The maximum absolute atomic E-state index is 12.0. The Morgan fingerprint density at radius 3 is 2.95 bits per heavy atom. The second kappa shape index (κ2) is 8.03. The van der Waals surface area contributed by atoms with Crippen molar-refractivity contribution in [2.75, 3.05) is 38.6 Å². The molecule has 2 rings (SSSR count). The van der Waals surface area contributed by atoms with Crippen molar-refractivity contribution in [2.24, 2.45) is 5.92 Å². The highest BCUT2D eigenvalue weighted by Crippen LogP contribution is 2.21. The number of urea groups is 1. The number of likely N-dealkylation sites (tertiary alicyclic amines) is 1. The van der Waals surface area contributed by atoms with Crippen LogP contribution in [0.5, 0.6) is 5.75 Å². The van der Waals surface area contributed by atoms with Gasteiger partial charge in [0.2, 0.25) is 0 Å². The van der Waals surface area contributed by atoms with Gasteiger partial charge in [0.15, 0.2) is 0 Å². The lowest BCUT2D eigenvalue weighted by Gasteiger charge is -2.31. The van der Waals surface area contributed by atoms with E-state index in [9.17, 15) is 4.79 Å². The fraction of sp³-hybridized carbons (Fsp3) is 0.588. The molecule has 1 aromatic rings. The Morgan fingerprint density at radius 1 is 1.45 bits per heavy atom. The number of methoxy groups -OCH3 is 1. The zero-order valence-electron chi connectivity index (χ0n) is 13.8. The molecule has 1 aromatic carbocycles. The number of rotatable bonds is 5. The fourth-order valence-electron chi connectivity index (χ4n) is 2.91. The van der Waals surface area contributed by atoms with Crippen molar-refractivity contribution in [3.8, 4) is 5.75 Å². The summed E-state index contributed by atoms with van der Waals surface area (Å²) in [6.45, 7) is 8.24. The Bertz CT molecular complexity index is 505. The van der Waals surface area contributed by atoms with Gasteiger partial charge < -0.3 is 20.3 Å². The molecule has 0 bridgehead atoms. The molecule has 1 aliphatic heterocycles. The molecule has 1 atom stereocenters. The highest BCUT2D eigenvalue weighted by molar-refractivity contribution is 5.90. The van der Waals surface area contributed by atoms with Gasteiger partial charge in [-0.05, 0) is 62.5 Å². The number of hydrogen-bond donors (Lipinski definition) is 2. The largest absolute Gasteiger partial charge is 0.497 e. The number of aryl methyl sites for hydroxylation is 1. The average molecular weight is 305 g/mol. The monoisotopic (exact) mass is 305 g/mol. The van der Waals surface area contributed by atoms with Crippen molar-refractivity contribution in [1.29, 1.82) is 0 Å². The molecular formula is C17H27N3O2. The Hall–Kier alpha value is -1.75. The minimum atomic E-state index is -0.137. The predicted octanol–water partition coefficient (Wildman–Crippen LogP) is 2.86. The van der Waals surface area contributed by atoms with E-state index in [1.165, 1.54) is 19.4 Å². The number of hydrogen-bond acceptors (Lipinski definition) is 3. The van der Waals surface area contributed by atoms with Gasteiger partial charge in [0.05, 0.1) is 7.11 Å². The number of benzene rings is 1. The van der Waals surface area contributed by atoms with E-state index in [0.717, 1.165) is 36.6 Å². The first-order valence-electron chi connectivity index (χ1n) is 8.04. The number of piperidine rings is 1. The smallest absolute Gasteiger partial charge is 0.319 e. The number of nitrogens with one attached hydrogen (secondary N) is 2. The molecule has 22 heavy (non-hydrogen) atoms. The minimum Gasteiger partial charge on any atom is -0.497 e. The third kappa shape index (κ3) is 4.63. The van der Waals surface area contributed by atoms with Crippen LogP contribution in [0.3, 0.4) is 0 Å². The molecular weight excluding hydrogens is 278 g/mol. The molecule has 1 saturated heterocycles. The van der Waals surface area contributed by atoms with E-state index in [4.69, 9.17) is 4.74 Å². The first-order valence-corrected chi connectivity index (χ1v) is 8.04. The Labute approximate surface area is 133 Å². The van der Waals surface area contributed by atoms with Gasteiger partial charge in [-0.15, -0.1) is 0 Å². The summed E-state index contributed by atoms with van der Waals surface area (Å²) in [7, 11) is 1.64. The number of ether oxygens (including phenoxy) is 1. The predicted molar refractivity (Wildman–Crippen MR) is 89.6 cm³/mol. The van der Waals surface area contributed by atoms with Crippen LogP contribution in [0, 0.1) is 12.8 Å². The van der Waals surface area contributed by atoms with E-state index in [1.54, 1.807) is 7.11 Å². The van der Waals surface area contributed by atoms with Gasteiger partial charge in [0.25, 0.3) is 0 Å². The average Bonchev–Trinajstić information content (AvgIpc) is 2.55. The fourth-order valence-corrected chi connectivity index (χ4v) is 2.91. The summed E-state index contributed by atoms with van der Waals surface area (Å²) in [5, 5.41) is 5.90. The summed E-state index contributed by atoms with van der Waals surface area (Å²) in [4.78, 5) is 14.5. The van der Waals surface area contributed by atoms with Crippen LogP contribution in [-0.2, 0) is 0 Å². The summed E-state index contributed by atoms with van der Waals surface area (Å²) in [6.07, 6.45) is 2.41. The van der Waals surface area contributed by atoms with Crippen LogP contribution in [0.15, 0.2) is 18.2 Å². The molecule has 0 saturated carbocycles. The van der Waals surface area contributed by atoms with Crippen LogP contribution < -0.4 is 15.4 Å². The van der Waals surface area contributed by atoms with Crippen LogP contribution >= 0.6 is 0 Å². The quantitative estimate of drug-likeness (QED) is 0.879. The van der Waals surface area contributed by atoms with E-state index in [0.29, 0.717) is 5.92 Å². The molecule has 2 N–H and O–H groups in total. The summed E-state index contributed by atoms with van der Waals surface area (Å²) < 4.78 is 5.17. The topological polar surface area (TPSA) is 53.6 Å². The molecule has 122 valence electrons. The number of nitrogens with zero attached hydrogens (tertiary/aromatic N) is 1. The molecule has 2 amide bonds. The molecule has 1 heterocycles. The van der Waals surface area contributed by atoms with Crippen LogP contribution in [0.25, 0.3) is 0 Å². The van der Waals surface area contributed by atoms with E-state index >= 15 is 0 Å². The first-order chi connectivity index (χ1) is 10.6. The number of carbonyl (C=O) groups excluding carboxylic acids is 1. The molecule has 1 aliphatic rings. The SMILES string of the molecule is CCN1CCCC(CNC(=O)Nc2ccc(OC)cc2C)C1. The van der Waals surface area contributed by atoms with Gasteiger partial charge >= 0.3 is 6.03 Å². The maximum Gasteiger partial charge on any atom is 0.319 e. The summed E-state index contributed by atoms with van der Waals surface area (Å²) >= 11 is 0. The van der Waals surface area contributed by atoms with Gasteiger partial charge in [-0.1, -0.05) is 6.92 Å². The molecule has 1 fully saturated rings. The van der Waals surface area contributed by atoms with Crippen molar-refractivity contribution in [2.45, 2.75) is 26.7 Å². The third-order valence-electron chi connectivity index (χ3n) is 4.28. The molecule has 1 unspecified atom stereocenters. The van der Waals surface area contributed by atoms with E-state index in [1.807, 2.05) is 25.1 Å². The molecule has 5 heteroatoms. The zero-order valence-corrected chi connectivity index (χ0v) is 13.8. The summed E-state index contributed by atoms with van der Waals surface area (Å²) in [5.74, 6) is 1.35. The Kier molecular flexibility index (Phi) is 6.07. The second-order valence-corrected chi connectivity index (χ2v) is 5.92. The van der Waals surface area contributed by atoms with Gasteiger partial charge in [-0.25, -0.2) is 4.79 Å². The van der Waals surface area contributed by atoms with Crippen LogP contribution in [0.4, 0.5) is 10.5 Å². The first kappa shape index (κ1) is 16.6. The lowest BCUT2D eigenvalue weighted by Crippen LogP contribution is -2.41. The van der Waals surface area contributed by atoms with Crippen molar-refractivity contribution >= 4 is 11.7 Å². The summed E-state index contributed by atoms with van der Waals surface area (Å²) in [6, 6.07) is 5.49. The number of carbonyl (C=O) groups is 1. The van der Waals surface area contributed by atoms with Gasteiger partial charge in [-0.3, -0.25) is 0 Å². The Morgan fingerprint density at radius 2 is 2.27 bits per heavy atom. The number of anilines is 1. The lowest BCUT2D eigenvalue weighted by atomic mass is 9.98. The molecule has 0 aromatic heterocycles. The van der Waals surface area contributed by atoms with Gasteiger partial charge in [-0.2, -0.15) is 0 Å². The standard InChI is InChI=1S/C17H27N3O2/c1-4-20-9-5-6-14(12-20)11-18-17(21)19-16-8-7-15(22-3)10-13(16)2/h7-8,10,14H,4-6,9,11-12H2,1-3H3,(H2,18,19,21). The van der Waals surface area contributed by atoms with Crippen molar-refractivity contribution in [3.63, 3.8) is 0 Å². The molecule has 0 aliphatic carbocycles. The minimum absolute atomic E-state index is 0.137. The lowest BCUT2D eigenvalue weighted by molar-refractivity contribution is 0.180. The Balaban J connectivity index is 1.80. The highest BCUT2D eigenvalue weighted by atomic mass is 16.5. The third-order valence-corrected chi connectivity index (χ3v) is 4.28. The van der Waals surface area contributed by atoms with E-state index in [2.05, 4.69) is 22.5 Å². The molecule has 0 spiro atoms. The van der Waals surface area contributed by atoms with Crippen molar-refractivity contribution in [1.82, 2.24) is 10.2 Å². The zero-order chi connectivity index (χ0) is 15.9. The van der Waals surface area contributed by atoms with Crippen molar-refractivity contribution in [3.05, 3.63) is 23.8 Å². The van der Waals surface area contributed by atoms with Crippen LogP contribution in [0.1, 0.15) is 25.3 Å². The normalized spacial score (nSPS) is 18.8. The second-order valence-electron chi connectivity index (χ2n) is 5.92. The van der Waals surface area contributed by atoms with Crippen molar-refractivity contribution < 1.29 is 9.53 Å². The summed E-state index contributed by atoms with van der Waals surface area (Å²) in [5.41, 5.74) is 1.81. The van der Waals surface area contributed by atoms with Gasteiger partial charge in [0, 0.05) is 18.8 Å². The molecule has 5 nitrogen and oxygen atoms in total. The highest BCUT2D eigenvalue weighted by Gasteiger charge is 2.19. The van der Waals surface area contributed by atoms with Crippen LogP contribution in [0.2, 0.25) is 0 Å². The molecule has 0 radical (unpaired) electrons. The number of amides is 2. The van der Waals surface area contributed by atoms with E-state index < -0.39 is 0 Å². The maximum atomic E-state index is 12.0. The van der Waals surface area contributed by atoms with Crippen LogP contribution in [-0.4, -0.2) is 44.2 Å². The van der Waals surface area contributed by atoms with Gasteiger partial charge in [0.1, 0.15) is 5.75 Å². The van der Waals surface area contributed by atoms with E-state index in [-0.39, 0.29) is 6.03 Å².